The van der Waals surface area contributed by atoms with E-state index in [1.54, 1.807) is 0 Å². The number of aryl methyl sites for hydroxylation is 2. The lowest BCUT2D eigenvalue weighted by Gasteiger charge is -2.10. The first kappa shape index (κ1) is 20.8. The number of amides is 1. The zero-order chi connectivity index (χ0) is 23.1. The van der Waals surface area contributed by atoms with Crippen LogP contribution in [0.3, 0.4) is 0 Å². The molecule has 1 aliphatic rings. The van der Waals surface area contributed by atoms with Crippen LogP contribution in [-0.2, 0) is 13.0 Å². The van der Waals surface area contributed by atoms with E-state index in [0.29, 0.717) is 10.7 Å². The molecule has 6 rings (SSSR count). The average Bonchev–Trinajstić information content (AvgIpc) is 3.28. The molecule has 1 amide bonds. The third-order valence-corrected chi connectivity index (χ3v) is 6.80. The van der Waals surface area contributed by atoms with Gasteiger partial charge in [-0.2, -0.15) is 0 Å². The first-order valence-corrected chi connectivity index (χ1v) is 12.0. The molecular formula is C29H24ClN3O. The number of rotatable bonds is 4. The smallest absolute Gasteiger partial charge is 0.273 e. The highest BCUT2D eigenvalue weighted by Gasteiger charge is 2.29. The fourth-order valence-electron chi connectivity index (χ4n) is 5.11. The van der Waals surface area contributed by atoms with Crippen molar-refractivity contribution in [2.24, 2.45) is 0 Å². The molecule has 4 nitrogen and oxygen atoms in total. The van der Waals surface area contributed by atoms with E-state index in [2.05, 4.69) is 38.7 Å². The van der Waals surface area contributed by atoms with Crippen molar-refractivity contribution < 1.29 is 4.79 Å². The molecule has 168 valence electrons. The van der Waals surface area contributed by atoms with E-state index in [1.807, 2.05) is 66.7 Å². The Balaban J connectivity index is 1.63. The minimum atomic E-state index is -0.110. The summed E-state index contributed by atoms with van der Waals surface area (Å²) in [6.45, 7) is 0.906. The normalized spacial score (nSPS) is 13.1. The minimum Gasteiger partial charge on any atom is -0.325 e. The van der Waals surface area contributed by atoms with E-state index >= 15 is 0 Å². The second-order valence-electron chi connectivity index (χ2n) is 8.72. The fourth-order valence-corrected chi connectivity index (χ4v) is 5.30. The summed E-state index contributed by atoms with van der Waals surface area (Å²) >= 11 is 6.34. The van der Waals surface area contributed by atoms with Crippen molar-refractivity contribution in [2.75, 3.05) is 5.32 Å². The highest BCUT2D eigenvalue weighted by molar-refractivity contribution is 6.30. The van der Waals surface area contributed by atoms with Gasteiger partial charge in [0, 0.05) is 40.1 Å². The number of hydrogen-bond donors (Lipinski definition) is 1. The molecule has 0 unspecified atom stereocenters. The number of carbonyl (C=O) groups is 1. The van der Waals surface area contributed by atoms with Gasteiger partial charge in [0.15, 0.2) is 0 Å². The van der Waals surface area contributed by atoms with E-state index in [9.17, 15) is 4.79 Å². The Morgan fingerprint density at radius 3 is 2.35 bits per heavy atom. The maximum absolute atomic E-state index is 13.8. The van der Waals surface area contributed by atoms with Gasteiger partial charge in [-0.25, -0.2) is 0 Å². The van der Waals surface area contributed by atoms with Gasteiger partial charge < -0.3 is 9.88 Å². The number of aromatic nitrogens is 2. The molecule has 0 radical (unpaired) electrons. The van der Waals surface area contributed by atoms with Gasteiger partial charge in [0.25, 0.3) is 5.91 Å². The number of anilines is 1. The van der Waals surface area contributed by atoms with E-state index in [1.165, 1.54) is 5.56 Å². The highest BCUT2D eigenvalue weighted by Crippen LogP contribution is 2.39. The lowest BCUT2D eigenvalue weighted by molar-refractivity contribution is 0.102. The fraction of sp³-hybridized carbons (Fsp3) is 0.138. The molecule has 0 spiro atoms. The third-order valence-electron chi connectivity index (χ3n) is 6.56. The molecule has 2 aromatic heterocycles. The second-order valence-corrected chi connectivity index (χ2v) is 9.15. The van der Waals surface area contributed by atoms with Gasteiger partial charge >= 0.3 is 0 Å². The van der Waals surface area contributed by atoms with Crippen LogP contribution in [0.4, 0.5) is 5.69 Å². The van der Waals surface area contributed by atoms with Crippen LogP contribution >= 0.6 is 11.6 Å². The van der Waals surface area contributed by atoms with Gasteiger partial charge in [-0.15, -0.1) is 0 Å². The first-order valence-electron chi connectivity index (χ1n) is 11.6. The molecule has 0 fully saturated rings. The molecule has 34 heavy (non-hydrogen) atoms. The van der Waals surface area contributed by atoms with Crippen molar-refractivity contribution in [3.63, 3.8) is 0 Å². The van der Waals surface area contributed by atoms with Gasteiger partial charge in [0.05, 0.1) is 5.69 Å². The molecule has 1 aliphatic heterocycles. The maximum atomic E-state index is 13.8. The number of benzene rings is 3. The predicted octanol–water partition coefficient (Wildman–Crippen LogP) is 7.32. The van der Waals surface area contributed by atoms with Crippen molar-refractivity contribution in [1.82, 2.24) is 8.97 Å². The van der Waals surface area contributed by atoms with Crippen molar-refractivity contribution in [2.45, 2.75) is 25.8 Å². The lowest BCUT2D eigenvalue weighted by atomic mass is 9.98. The van der Waals surface area contributed by atoms with Crippen molar-refractivity contribution in [3.05, 3.63) is 107 Å². The molecule has 0 bridgehead atoms. The molecule has 5 heteroatoms. The summed E-state index contributed by atoms with van der Waals surface area (Å²) in [6, 6.07) is 27.8. The summed E-state index contributed by atoms with van der Waals surface area (Å²) in [5, 5.41) is 3.83. The number of carbonyl (C=O) groups excluding carboxylic acids is 1. The Hall–Kier alpha value is -3.76. The molecule has 5 aromatic rings. The zero-order valence-electron chi connectivity index (χ0n) is 18.7. The van der Waals surface area contributed by atoms with Gasteiger partial charge in [0.1, 0.15) is 11.3 Å². The SMILES string of the molecule is O=C(Nc1ccccc1)c1c(-c2ccccc2)c2c3n(c(-c4cccc(Cl)c4)cn13)CCCC2. The lowest BCUT2D eigenvalue weighted by Crippen LogP contribution is -2.15. The number of imidazole rings is 1. The largest absolute Gasteiger partial charge is 0.325 e. The third kappa shape index (κ3) is 3.51. The molecule has 3 heterocycles. The van der Waals surface area contributed by atoms with E-state index in [-0.39, 0.29) is 5.91 Å². The van der Waals surface area contributed by atoms with Crippen LogP contribution in [0.2, 0.25) is 5.02 Å². The van der Waals surface area contributed by atoms with Gasteiger partial charge in [-0.3, -0.25) is 9.20 Å². The number of nitrogens with zero attached hydrogens (tertiary/aromatic N) is 2. The van der Waals surface area contributed by atoms with E-state index < -0.39 is 0 Å². The summed E-state index contributed by atoms with van der Waals surface area (Å²) in [7, 11) is 0. The summed E-state index contributed by atoms with van der Waals surface area (Å²) in [5.41, 5.74) is 8.01. The first-order chi connectivity index (χ1) is 16.7. The van der Waals surface area contributed by atoms with Crippen LogP contribution in [0.5, 0.6) is 0 Å². The second kappa shape index (κ2) is 8.54. The van der Waals surface area contributed by atoms with Gasteiger partial charge in [-0.05, 0) is 49.1 Å². The molecule has 0 atom stereocenters. The van der Waals surface area contributed by atoms with Crippen molar-refractivity contribution in [1.29, 1.82) is 0 Å². The van der Waals surface area contributed by atoms with Gasteiger partial charge in [-0.1, -0.05) is 72.3 Å². The number of halogens is 1. The summed E-state index contributed by atoms with van der Waals surface area (Å²) in [6.07, 6.45) is 5.20. The van der Waals surface area contributed by atoms with Crippen LogP contribution < -0.4 is 5.32 Å². The molecule has 1 N–H and O–H groups in total. The Bertz CT molecular complexity index is 1500. The monoisotopic (exact) mass is 465 g/mol. The van der Waals surface area contributed by atoms with Crippen molar-refractivity contribution >= 4 is 28.8 Å². The van der Waals surface area contributed by atoms with Crippen LogP contribution in [-0.4, -0.2) is 14.9 Å². The Labute approximate surface area is 203 Å². The number of hydrogen-bond acceptors (Lipinski definition) is 1. The molecule has 0 saturated heterocycles. The standard InChI is InChI=1S/C29H24ClN3O/c30-22-13-9-12-21(18-22)25-19-33-27(28(34)31-23-14-5-2-6-15-23)26(20-10-3-1-4-11-20)24-16-7-8-17-32(25)29(24)33/h1-6,9-15,18-19H,7-8,16-17H2,(H,31,34). The summed E-state index contributed by atoms with van der Waals surface area (Å²) < 4.78 is 4.46. The average molecular weight is 466 g/mol. The molecule has 0 saturated carbocycles. The molecule has 3 aromatic carbocycles. The maximum Gasteiger partial charge on any atom is 0.273 e. The van der Waals surface area contributed by atoms with Gasteiger partial charge in [0.2, 0.25) is 0 Å². The van der Waals surface area contributed by atoms with Crippen LogP contribution in [0.25, 0.3) is 28.0 Å². The predicted molar refractivity (Wildman–Crippen MR) is 139 cm³/mol. The highest BCUT2D eigenvalue weighted by atomic mass is 35.5. The molecule has 0 aliphatic carbocycles. The summed E-state index contributed by atoms with van der Waals surface area (Å²) in [5.74, 6) is -0.110. The number of para-hydroxylation sites is 1. The van der Waals surface area contributed by atoms with Crippen molar-refractivity contribution in [3.8, 4) is 22.4 Å². The quantitative estimate of drug-likeness (QED) is 0.296. The van der Waals surface area contributed by atoms with Crippen LogP contribution in [0, 0.1) is 0 Å². The Kier molecular flexibility index (Phi) is 5.23. The Morgan fingerprint density at radius 1 is 0.853 bits per heavy atom. The van der Waals surface area contributed by atoms with Crippen LogP contribution in [0.1, 0.15) is 28.9 Å². The van der Waals surface area contributed by atoms with E-state index in [4.69, 9.17) is 11.6 Å². The molecular weight excluding hydrogens is 442 g/mol. The minimum absolute atomic E-state index is 0.110. The topological polar surface area (TPSA) is 38.4 Å². The summed E-state index contributed by atoms with van der Waals surface area (Å²) in [4.78, 5) is 13.8. The van der Waals surface area contributed by atoms with Crippen LogP contribution in [0.15, 0.2) is 91.1 Å². The number of nitrogens with one attached hydrogen (secondary N) is 1. The Morgan fingerprint density at radius 2 is 1.59 bits per heavy atom. The van der Waals surface area contributed by atoms with E-state index in [0.717, 1.165) is 59.5 Å². The zero-order valence-corrected chi connectivity index (χ0v) is 19.4.